The zero-order valence-corrected chi connectivity index (χ0v) is 17.1. The Morgan fingerprint density at radius 3 is 2.41 bits per heavy atom. The van der Waals surface area contributed by atoms with Crippen LogP contribution in [0.4, 0.5) is 0 Å². The Kier molecular flexibility index (Phi) is 5.18. The van der Waals surface area contributed by atoms with Gasteiger partial charge in [-0.05, 0) is 31.2 Å². The van der Waals surface area contributed by atoms with Gasteiger partial charge in [0.25, 0.3) is 0 Å². The van der Waals surface area contributed by atoms with Crippen LogP contribution in [0.25, 0.3) is 11.4 Å². The van der Waals surface area contributed by atoms with E-state index in [1.807, 2.05) is 26.8 Å². The van der Waals surface area contributed by atoms with Crippen LogP contribution in [0.3, 0.4) is 0 Å². The number of benzene rings is 1. The molecule has 144 valence electrons. The number of halogens is 1. The van der Waals surface area contributed by atoms with Crippen molar-refractivity contribution in [1.82, 2.24) is 10.1 Å². The van der Waals surface area contributed by atoms with Gasteiger partial charge in [0.15, 0.2) is 15.7 Å². The highest BCUT2D eigenvalue weighted by Crippen LogP contribution is 2.27. The summed E-state index contributed by atoms with van der Waals surface area (Å²) in [5.41, 5.74) is 0.905. The average Bonchev–Trinajstić information content (AvgIpc) is 3.23. The maximum Gasteiger partial charge on any atom is 0.195 e. The summed E-state index contributed by atoms with van der Waals surface area (Å²) in [6, 6.07) is 7.93. The number of hydrogen-bond acceptors (Lipinski definition) is 6. The second kappa shape index (κ2) is 7.13. The molecule has 1 atom stereocenters. The molecule has 0 spiro atoms. The summed E-state index contributed by atoms with van der Waals surface area (Å²) in [4.78, 5) is 4.58. The molecule has 3 aromatic rings. The van der Waals surface area contributed by atoms with E-state index < -0.39 is 15.1 Å². The molecule has 1 aromatic carbocycles. The van der Waals surface area contributed by atoms with Gasteiger partial charge >= 0.3 is 0 Å². The van der Waals surface area contributed by atoms with Crippen molar-refractivity contribution in [2.75, 3.05) is 0 Å². The normalized spacial score (nSPS) is 13.7. The van der Waals surface area contributed by atoms with Gasteiger partial charge in [0.05, 0.1) is 10.1 Å². The highest BCUT2D eigenvalue weighted by molar-refractivity contribution is 7.92. The van der Waals surface area contributed by atoms with Crippen LogP contribution in [0.5, 0.6) is 0 Å². The molecule has 0 N–H and O–H groups in total. The third kappa shape index (κ3) is 4.25. The van der Waals surface area contributed by atoms with Crippen molar-refractivity contribution in [3.8, 4) is 11.4 Å². The van der Waals surface area contributed by atoms with Gasteiger partial charge in [-0.15, -0.1) is 0 Å². The fourth-order valence-corrected chi connectivity index (χ4v) is 3.95. The maximum atomic E-state index is 12.7. The van der Waals surface area contributed by atoms with Crippen molar-refractivity contribution in [2.45, 2.75) is 49.7 Å². The second-order valence-corrected chi connectivity index (χ2v) is 10.3. The Morgan fingerprint density at radius 1 is 1.15 bits per heavy atom. The largest absolute Gasteiger partial charge is 0.448 e. The van der Waals surface area contributed by atoms with E-state index in [-0.39, 0.29) is 16.7 Å². The van der Waals surface area contributed by atoms with Gasteiger partial charge in [-0.2, -0.15) is 0 Å². The van der Waals surface area contributed by atoms with E-state index in [1.54, 1.807) is 19.1 Å². The van der Waals surface area contributed by atoms with Crippen molar-refractivity contribution in [3.05, 3.63) is 53.3 Å². The van der Waals surface area contributed by atoms with Gasteiger partial charge in [0.2, 0.25) is 0 Å². The summed E-state index contributed by atoms with van der Waals surface area (Å²) in [5, 5.41) is 3.81. The van der Waals surface area contributed by atoms with Gasteiger partial charge in [-0.25, -0.2) is 13.4 Å². The summed E-state index contributed by atoms with van der Waals surface area (Å²) in [6.45, 7) is 7.69. The summed E-state index contributed by atoms with van der Waals surface area (Å²) in [7, 11) is -3.52. The van der Waals surface area contributed by atoms with E-state index in [1.165, 1.54) is 18.4 Å². The molecule has 3 rings (SSSR count). The first kappa shape index (κ1) is 19.6. The van der Waals surface area contributed by atoms with Crippen LogP contribution < -0.4 is 0 Å². The van der Waals surface area contributed by atoms with Gasteiger partial charge < -0.3 is 8.94 Å². The molecule has 0 bridgehead atoms. The predicted molar refractivity (Wildman–Crippen MR) is 103 cm³/mol. The average molecular weight is 409 g/mol. The van der Waals surface area contributed by atoms with Crippen LogP contribution in [0, 0.1) is 0 Å². The van der Waals surface area contributed by atoms with Crippen LogP contribution in [-0.2, 0) is 21.7 Å². The standard InChI is InChI=1S/C19H21ClN2O4S/c1-12(27(23,24)14-7-5-13(20)6-8-14)9-18-21-16(11-25-18)15-10-17(26-22-15)19(2,3)4/h5-8,10-12H,9H2,1-4H3. The zero-order chi connectivity index (χ0) is 19.8. The molecular weight excluding hydrogens is 388 g/mol. The zero-order valence-electron chi connectivity index (χ0n) is 15.6. The van der Waals surface area contributed by atoms with Gasteiger partial charge in [-0.1, -0.05) is 37.5 Å². The summed E-state index contributed by atoms with van der Waals surface area (Å²) in [6.07, 6.45) is 1.61. The number of sulfone groups is 1. The highest BCUT2D eigenvalue weighted by Gasteiger charge is 2.26. The molecule has 0 aliphatic heterocycles. The minimum Gasteiger partial charge on any atom is -0.448 e. The molecule has 0 aliphatic carbocycles. The lowest BCUT2D eigenvalue weighted by Crippen LogP contribution is -2.20. The first-order valence-corrected chi connectivity index (χ1v) is 10.4. The molecule has 0 saturated carbocycles. The van der Waals surface area contributed by atoms with Crippen molar-refractivity contribution >= 4 is 21.4 Å². The predicted octanol–water partition coefficient (Wildman–Crippen LogP) is 4.69. The third-order valence-electron chi connectivity index (χ3n) is 4.20. The molecule has 0 saturated heterocycles. The minimum absolute atomic E-state index is 0.148. The van der Waals surface area contributed by atoms with E-state index in [0.717, 1.165) is 5.76 Å². The molecular formula is C19H21ClN2O4S. The molecule has 2 heterocycles. The lowest BCUT2D eigenvalue weighted by molar-refractivity contribution is 0.330. The van der Waals surface area contributed by atoms with Gasteiger partial charge in [-0.3, -0.25) is 0 Å². The molecule has 0 radical (unpaired) electrons. The Bertz CT molecular complexity index is 1030. The summed E-state index contributed by atoms with van der Waals surface area (Å²) < 4.78 is 36.2. The maximum absolute atomic E-state index is 12.7. The molecule has 0 aliphatic rings. The minimum atomic E-state index is -3.52. The van der Waals surface area contributed by atoms with Crippen molar-refractivity contribution in [1.29, 1.82) is 0 Å². The van der Waals surface area contributed by atoms with E-state index in [0.29, 0.717) is 22.3 Å². The molecule has 2 aromatic heterocycles. The number of oxazole rings is 1. The van der Waals surface area contributed by atoms with E-state index in [9.17, 15) is 8.42 Å². The molecule has 8 heteroatoms. The van der Waals surface area contributed by atoms with E-state index in [4.69, 9.17) is 20.5 Å². The van der Waals surface area contributed by atoms with Crippen molar-refractivity contribution in [3.63, 3.8) is 0 Å². The van der Waals surface area contributed by atoms with E-state index >= 15 is 0 Å². The van der Waals surface area contributed by atoms with Crippen LogP contribution in [-0.4, -0.2) is 23.8 Å². The topological polar surface area (TPSA) is 86.2 Å². The summed E-state index contributed by atoms with van der Waals surface area (Å²) in [5.74, 6) is 1.07. The number of rotatable bonds is 5. The molecule has 6 nitrogen and oxygen atoms in total. The quantitative estimate of drug-likeness (QED) is 0.608. The first-order valence-electron chi connectivity index (χ1n) is 8.49. The van der Waals surface area contributed by atoms with Crippen LogP contribution in [0.15, 0.2) is 50.4 Å². The second-order valence-electron chi connectivity index (χ2n) is 7.47. The fraction of sp³-hybridized carbons (Fsp3) is 0.368. The number of nitrogens with zero attached hydrogens (tertiary/aromatic N) is 2. The van der Waals surface area contributed by atoms with Crippen molar-refractivity contribution < 1.29 is 17.4 Å². The fourth-order valence-electron chi connectivity index (χ4n) is 2.48. The lowest BCUT2D eigenvalue weighted by Gasteiger charge is -2.12. The molecule has 0 fully saturated rings. The van der Waals surface area contributed by atoms with Gasteiger partial charge in [0, 0.05) is 22.9 Å². The molecule has 27 heavy (non-hydrogen) atoms. The van der Waals surface area contributed by atoms with Crippen LogP contribution in [0.2, 0.25) is 5.02 Å². The Morgan fingerprint density at radius 2 is 1.81 bits per heavy atom. The van der Waals surface area contributed by atoms with Crippen molar-refractivity contribution in [2.24, 2.45) is 0 Å². The van der Waals surface area contributed by atoms with E-state index in [2.05, 4.69) is 10.1 Å². The molecule has 1 unspecified atom stereocenters. The van der Waals surface area contributed by atoms with Crippen LogP contribution in [0.1, 0.15) is 39.3 Å². The summed E-state index contributed by atoms with van der Waals surface area (Å²) >= 11 is 5.83. The first-order chi connectivity index (χ1) is 12.6. The van der Waals surface area contributed by atoms with Crippen LogP contribution >= 0.6 is 11.6 Å². The SMILES string of the molecule is CC(Cc1nc(-c2cc(C(C)(C)C)on2)co1)S(=O)(=O)c1ccc(Cl)cc1. The highest BCUT2D eigenvalue weighted by atomic mass is 35.5. The monoisotopic (exact) mass is 408 g/mol. The third-order valence-corrected chi connectivity index (χ3v) is 6.60. The Hall–Kier alpha value is -2.12. The number of aromatic nitrogens is 2. The molecule has 0 amide bonds. The Balaban J connectivity index is 1.77. The number of hydrogen-bond donors (Lipinski definition) is 0. The smallest absolute Gasteiger partial charge is 0.195 e. The lowest BCUT2D eigenvalue weighted by atomic mass is 9.93. The Labute approximate surface area is 163 Å². The van der Waals surface area contributed by atoms with Gasteiger partial charge in [0.1, 0.15) is 23.4 Å².